The first-order chi connectivity index (χ1) is 6.81. The van der Waals surface area contributed by atoms with E-state index >= 15 is 0 Å². The highest BCUT2D eigenvalue weighted by Crippen LogP contribution is 2.34. The monoisotopic (exact) mass is 193 g/mol. The maximum atomic E-state index is 11.2. The van der Waals surface area contributed by atoms with Crippen LogP contribution >= 0.6 is 0 Å². The first kappa shape index (κ1) is 9.51. The fraction of sp³-hybridized carbons (Fsp3) is 0.818. The van der Waals surface area contributed by atoms with E-state index in [0.29, 0.717) is 12.3 Å². The zero-order chi connectivity index (χ0) is 9.97. The highest BCUT2D eigenvalue weighted by molar-refractivity contribution is 5.77. The minimum Gasteiger partial charge on any atom is -0.461 e. The Morgan fingerprint density at radius 2 is 2.00 bits per heavy atom. The van der Waals surface area contributed by atoms with Gasteiger partial charge in [-0.2, -0.15) is 5.26 Å². The van der Waals surface area contributed by atoms with Gasteiger partial charge in [-0.3, -0.25) is 4.79 Å². The quantitative estimate of drug-likeness (QED) is 0.598. The van der Waals surface area contributed by atoms with Gasteiger partial charge in [-0.05, 0) is 18.8 Å². The van der Waals surface area contributed by atoms with E-state index in [2.05, 4.69) is 0 Å². The molecule has 2 fully saturated rings. The van der Waals surface area contributed by atoms with Crippen LogP contribution in [-0.4, -0.2) is 12.1 Å². The number of nitriles is 1. The topological polar surface area (TPSA) is 50.1 Å². The Hall–Kier alpha value is -1.04. The predicted molar refractivity (Wildman–Crippen MR) is 50.2 cm³/mol. The third-order valence-electron chi connectivity index (χ3n) is 3.35. The lowest BCUT2D eigenvalue weighted by molar-refractivity contribution is -0.145. The lowest BCUT2D eigenvalue weighted by Crippen LogP contribution is -2.22. The zero-order valence-corrected chi connectivity index (χ0v) is 8.24. The van der Waals surface area contributed by atoms with Crippen molar-refractivity contribution in [3.8, 4) is 6.07 Å². The van der Waals surface area contributed by atoms with Gasteiger partial charge in [0.2, 0.25) is 0 Å². The Labute approximate surface area is 84.0 Å². The number of ether oxygens (including phenoxy) is 1. The summed E-state index contributed by atoms with van der Waals surface area (Å²) in [6.45, 7) is 0. The number of carbonyl (C=O) groups excluding carboxylic acids is 1. The van der Waals surface area contributed by atoms with Crippen LogP contribution < -0.4 is 0 Å². The van der Waals surface area contributed by atoms with Gasteiger partial charge in [0.05, 0.1) is 6.07 Å². The Morgan fingerprint density at radius 3 is 2.57 bits per heavy atom. The van der Waals surface area contributed by atoms with Crippen molar-refractivity contribution in [1.29, 1.82) is 5.26 Å². The Bertz CT molecular complexity index is 263. The molecule has 0 amide bonds. The second-order valence-electron chi connectivity index (χ2n) is 4.29. The van der Waals surface area contributed by atoms with Gasteiger partial charge in [-0.1, -0.05) is 19.3 Å². The van der Waals surface area contributed by atoms with Gasteiger partial charge in [0.25, 0.3) is 0 Å². The first-order valence-corrected chi connectivity index (χ1v) is 5.41. The summed E-state index contributed by atoms with van der Waals surface area (Å²) in [7, 11) is 0. The number of hydrogen-bond donors (Lipinski definition) is 0. The van der Waals surface area contributed by atoms with Gasteiger partial charge >= 0.3 is 5.97 Å². The summed E-state index contributed by atoms with van der Waals surface area (Å²) in [6, 6.07) is 2.01. The van der Waals surface area contributed by atoms with Gasteiger partial charge in [-0.15, -0.1) is 0 Å². The molecule has 1 aliphatic carbocycles. The molecular formula is C11H15NO2. The molecule has 76 valence electrons. The van der Waals surface area contributed by atoms with E-state index in [4.69, 9.17) is 10.00 Å². The molecule has 3 nitrogen and oxygen atoms in total. The molecule has 0 aromatic rings. The summed E-state index contributed by atoms with van der Waals surface area (Å²) in [5, 5.41) is 8.70. The molecule has 2 unspecified atom stereocenters. The van der Waals surface area contributed by atoms with Crippen LogP contribution in [0.1, 0.15) is 38.5 Å². The number of hydrogen-bond acceptors (Lipinski definition) is 3. The second kappa shape index (κ2) is 4.00. The fourth-order valence-corrected chi connectivity index (χ4v) is 2.51. The average Bonchev–Trinajstić information content (AvgIpc) is 2.61. The van der Waals surface area contributed by atoms with Crippen LogP contribution in [-0.2, 0) is 9.53 Å². The largest absolute Gasteiger partial charge is 0.461 e. The average molecular weight is 193 g/mol. The summed E-state index contributed by atoms with van der Waals surface area (Å²) < 4.78 is 5.24. The van der Waals surface area contributed by atoms with E-state index in [1.165, 1.54) is 19.3 Å². The summed E-state index contributed by atoms with van der Waals surface area (Å²) >= 11 is 0. The number of nitrogens with zero attached hydrogens (tertiary/aromatic N) is 1. The molecule has 0 aromatic carbocycles. The number of esters is 1. The van der Waals surface area contributed by atoms with Crippen LogP contribution in [0, 0.1) is 23.2 Å². The van der Waals surface area contributed by atoms with Crippen molar-refractivity contribution < 1.29 is 9.53 Å². The normalized spacial score (nSPS) is 33.8. The summed E-state index contributed by atoms with van der Waals surface area (Å²) in [5.74, 6) is -0.281. The van der Waals surface area contributed by atoms with Gasteiger partial charge in [0, 0.05) is 6.42 Å². The number of cyclic esters (lactones) is 1. The SMILES string of the molecule is N#CC1CC(C2CCCCC2)OC1=O. The summed E-state index contributed by atoms with van der Waals surface area (Å²) in [6.07, 6.45) is 6.78. The van der Waals surface area contributed by atoms with Crippen molar-refractivity contribution in [2.75, 3.05) is 0 Å². The third kappa shape index (κ3) is 1.75. The van der Waals surface area contributed by atoms with Gasteiger partial charge < -0.3 is 4.74 Å². The summed E-state index contributed by atoms with van der Waals surface area (Å²) in [5.41, 5.74) is 0. The molecule has 0 aromatic heterocycles. The van der Waals surface area contributed by atoms with Crippen molar-refractivity contribution in [2.45, 2.75) is 44.6 Å². The predicted octanol–water partition coefficient (Wildman–Crippen LogP) is 2.02. The van der Waals surface area contributed by atoms with Crippen LogP contribution in [0.5, 0.6) is 0 Å². The van der Waals surface area contributed by atoms with Gasteiger partial charge in [0.1, 0.15) is 12.0 Å². The molecule has 2 rings (SSSR count). The molecule has 2 atom stereocenters. The second-order valence-corrected chi connectivity index (χ2v) is 4.29. The van der Waals surface area contributed by atoms with E-state index < -0.39 is 5.92 Å². The molecule has 0 spiro atoms. The minimum atomic E-state index is -0.498. The Balaban J connectivity index is 1.94. The molecule has 1 saturated heterocycles. The third-order valence-corrected chi connectivity index (χ3v) is 3.35. The highest BCUT2D eigenvalue weighted by atomic mass is 16.6. The molecule has 0 N–H and O–H groups in total. The smallest absolute Gasteiger partial charge is 0.323 e. The van der Waals surface area contributed by atoms with E-state index in [0.717, 1.165) is 12.8 Å². The Kier molecular flexibility index (Phi) is 2.72. The molecule has 1 saturated carbocycles. The maximum absolute atomic E-state index is 11.2. The molecule has 3 heteroatoms. The van der Waals surface area contributed by atoms with E-state index in [9.17, 15) is 4.79 Å². The zero-order valence-electron chi connectivity index (χ0n) is 8.24. The van der Waals surface area contributed by atoms with E-state index in [1.54, 1.807) is 0 Å². The van der Waals surface area contributed by atoms with Crippen molar-refractivity contribution in [1.82, 2.24) is 0 Å². The molecule has 14 heavy (non-hydrogen) atoms. The number of rotatable bonds is 1. The number of carbonyl (C=O) groups is 1. The molecule has 2 aliphatic rings. The fourth-order valence-electron chi connectivity index (χ4n) is 2.51. The molecular weight excluding hydrogens is 178 g/mol. The molecule has 0 bridgehead atoms. The van der Waals surface area contributed by atoms with Crippen molar-refractivity contribution in [2.24, 2.45) is 11.8 Å². The lowest BCUT2D eigenvalue weighted by Gasteiger charge is -2.25. The van der Waals surface area contributed by atoms with Crippen LogP contribution in [0.2, 0.25) is 0 Å². The van der Waals surface area contributed by atoms with Crippen molar-refractivity contribution in [3.05, 3.63) is 0 Å². The van der Waals surface area contributed by atoms with Crippen LogP contribution in [0.4, 0.5) is 0 Å². The van der Waals surface area contributed by atoms with Crippen LogP contribution in [0.25, 0.3) is 0 Å². The van der Waals surface area contributed by atoms with Crippen molar-refractivity contribution >= 4 is 5.97 Å². The molecule has 1 heterocycles. The summed E-state index contributed by atoms with van der Waals surface area (Å²) in [4.78, 5) is 11.2. The van der Waals surface area contributed by atoms with E-state index in [-0.39, 0.29) is 12.1 Å². The minimum absolute atomic E-state index is 0.0347. The Morgan fingerprint density at radius 1 is 1.29 bits per heavy atom. The van der Waals surface area contributed by atoms with Crippen LogP contribution in [0.3, 0.4) is 0 Å². The van der Waals surface area contributed by atoms with E-state index in [1.807, 2.05) is 6.07 Å². The van der Waals surface area contributed by atoms with Crippen molar-refractivity contribution in [3.63, 3.8) is 0 Å². The van der Waals surface area contributed by atoms with Gasteiger partial charge in [0.15, 0.2) is 0 Å². The first-order valence-electron chi connectivity index (χ1n) is 5.41. The molecule has 1 aliphatic heterocycles. The maximum Gasteiger partial charge on any atom is 0.323 e. The highest BCUT2D eigenvalue weighted by Gasteiger charge is 2.38. The lowest BCUT2D eigenvalue weighted by atomic mass is 9.83. The molecule has 0 radical (unpaired) electrons. The van der Waals surface area contributed by atoms with Crippen LogP contribution in [0.15, 0.2) is 0 Å². The van der Waals surface area contributed by atoms with Gasteiger partial charge in [-0.25, -0.2) is 0 Å². The standard InChI is InChI=1S/C11H15NO2/c12-7-9-6-10(14-11(9)13)8-4-2-1-3-5-8/h8-10H,1-6H2.